The van der Waals surface area contributed by atoms with Crippen molar-refractivity contribution >= 4 is 6.29 Å². The van der Waals surface area contributed by atoms with E-state index in [2.05, 4.69) is 0 Å². The molecule has 1 aromatic rings. The van der Waals surface area contributed by atoms with Crippen LogP contribution in [0.2, 0.25) is 0 Å². The van der Waals surface area contributed by atoms with E-state index in [-0.39, 0.29) is 5.56 Å². The molecule has 0 aliphatic rings. The average molecular weight is 184 g/mol. The molecule has 1 aromatic carbocycles. The smallest absolute Gasteiger partial charge is 0.169 e. The van der Waals surface area contributed by atoms with E-state index in [1.165, 1.54) is 6.07 Å². The molecule has 0 radical (unpaired) electrons. The first kappa shape index (κ1) is 9.84. The van der Waals surface area contributed by atoms with Gasteiger partial charge in [0.15, 0.2) is 17.9 Å². The first-order chi connectivity index (χ1) is 6.11. The molecular formula is C10H10F2O. The Bertz CT molecular complexity index is 345. The quantitative estimate of drug-likeness (QED) is 0.646. The molecule has 0 bridgehead atoms. The second-order valence-electron chi connectivity index (χ2n) is 2.87. The zero-order valence-electron chi connectivity index (χ0n) is 7.53. The lowest BCUT2D eigenvalue weighted by molar-refractivity contribution is 0.111. The second-order valence-corrected chi connectivity index (χ2v) is 2.87. The third-order valence-electron chi connectivity index (χ3n) is 2.03. The van der Waals surface area contributed by atoms with Crippen LogP contribution in [0.4, 0.5) is 8.78 Å². The van der Waals surface area contributed by atoms with Crippen molar-refractivity contribution in [3.63, 3.8) is 0 Å². The largest absolute Gasteiger partial charge is 0.298 e. The molecule has 0 spiro atoms. The molecule has 1 rings (SSSR count). The van der Waals surface area contributed by atoms with E-state index in [9.17, 15) is 13.6 Å². The lowest BCUT2D eigenvalue weighted by Gasteiger charge is -2.05. The summed E-state index contributed by atoms with van der Waals surface area (Å²) in [6.07, 6.45) is 0.760. The molecule has 0 aromatic heterocycles. The Balaban J connectivity index is 3.45. The van der Waals surface area contributed by atoms with Crippen LogP contribution in [0.25, 0.3) is 0 Å². The van der Waals surface area contributed by atoms with Crippen LogP contribution in [0.1, 0.15) is 28.4 Å². The Morgan fingerprint density at radius 1 is 1.38 bits per heavy atom. The van der Waals surface area contributed by atoms with Crippen LogP contribution in [-0.2, 0) is 6.42 Å². The summed E-state index contributed by atoms with van der Waals surface area (Å²) in [7, 11) is 0. The molecule has 0 aliphatic carbocycles. The van der Waals surface area contributed by atoms with Gasteiger partial charge in [-0.2, -0.15) is 0 Å². The highest BCUT2D eigenvalue weighted by molar-refractivity contribution is 5.77. The van der Waals surface area contributed by atoms with Gasteiger partial charge in [-0.15, -0.1) is 0 Å². The third kappa shape index (κ3) is 1.59. The van der Waals surface area contributed by atoms with Gasteiger partial charge in [0.1, 0.15) is 0 Å². The Morgan fingerprint density at radius 2 is 2.00 bits per heavy atom. The first-order valence-electron chi connectivity index (χ1n) is 4.04. The van der Waals surface area contributed by atoms with Gasteiger partial charge in [-0.05, 0) is 24.5 Å². The van der Waals surface area contributed by atoms with Crippen molar-refractivity contribution in [1.82, 2.24) is 0 Å². The highest BCUT2D eigenvalue weighted by Crippen LogP contribution is 2.19. The topological polar surface area (TPSA) is 17.1 Å². The molecule has 13 heavy (non-hydrogen) atoms. The molecule has 70 valence electrons. The van der Waals surface area contributed by atoms with E-state index < -0.39 is 11.6 Å². The van der Waals surface area contributed by atoms with Crippen molar-refractivity contribution in [2.45, 2.75) is 20.3 Å². The minimum Gasteiger partial charge on any atom is -0.298 e. The zero-order valence-corrected chi connectivity index (χ0v) is 7.53. The minimum absolute atomic E-state index is 0.185. The van der Waals surface area contributed by atoms with Crippen LogP contribution in [0.3, 0.4) is 0 Å². The monoisotopic (exact) mass is 184 g/mol. The lowest BCUT2D eigenvalue weighted by Crippen LogP contribution is -2.01. The Hall–Kier alpha value is -1.25. The predicted molar refractivity (Wildman–Crippen MR) is 45.9 cm³/mol. The Morgan fingerprint density at radius 3 is 2.46 bits per heavy atom. The summed E-state index contributed by atoms with van der Waals surface area (Å²) in [6.45, 7) is 3.32. The van der Waals surface area contributed by atoms with Gasteiger partial charge in [-0.25, -0.2) is 8.78 Å². The summed E-state index contributed by atoms with van der Waals surface area (Å²) < 4.78 is 26.2. The SMILES string of the molecule is CCc1cc(C)c(C=O)c(F)c1F. The molecule has 0 unspecified atom stereocenters. The molecule has 0 saturated heterocycles. The summed E-state index contributed by atoms with van der Waals surface area (Å²) in [5, 5.41) is 0. The number of halogens is 2. The van der Waals surface area contributed by atoms with E-state index in [0.29, 0.717) is 23.8 Å². The molecule has 0 aliphatic heterocycles. The maximum absolute atomic E-state index is 13.1. The normalized spacial score (nSPS) is 10.2. The van der Waals surface area contributed by atoms with Gasteiger partial charge in [-0.1, -0.05) is 13.0 Å². The van der Waals surface area contributed by atoms with E-state index >= 15 is 0 Å². The van der Waals surface area contributed by atoms with Gasteiger partial charge < -0.3 is 0 Å². The maximum Gasteiger partial charge on any atom is 0.169 e. The van der Waals surface area contributed by atoms with Crippen LogP contribution < -0.4 is 0 Å². The number of aryl methyl sites for hydroxylation is 2. The average Bonchev–Trinajstić information content (AvgIpc) is 2.12. The number of hydrogen-bond acceptors (Lipinski definition) is 1. The molecule has 3 heteroatoms. The molecule has 0 saturated carbocycles. The summed E-state index contributed by atoms with van der Waals surface area (Å²) in [5.74, 6) is -1.94. The summed E-state index contributed by atoms with van der Waals surface area (Å²) >= 11 is 0. The van der Waals surface area contributed by atoms with Gasteiger partial charge in [0.05, 0.1) is 5.56 Å². The first-order valence-corrected chi connectivity index (χ1v) is 4.04. The summed E-state index contributed by atoms with van der Waals surface area (Å²) in [5.41, 5.74) is 0.598. The van der Waals surface area contributed by atoms with Crippen molar-refractivity contribution < 1.29 is 13.6 Å². The fourth-order valence-corrected chi connectivity index (χ4v) is 1.24. The molecular weight excluding hydrogens is 174 g/mol. The Labute approximate surface area is 75.4 Å². The lowest BCUT2D eigenvalue weighted by atomic mass is 10.0. The fraction of sp³-hybridized carbons (Fsp3) is 0.300. The number of carbonyl (C=O) groups is 1. The minimum atomic E-state index is -1.04. The summed E-state index contributed by atoms with van der Waals surface area (Å²) in [6, 6.07) is 1.50. The van der Waals surface area contributed by atoms with Gasteiger partial charge in [0.2, 0.25) is 0 Å². The van der Waals surface area contributed by atoms with Crippen LogP contribution in [0, 0.1) is 18.6 Å². The van der Waals surface area contributed by atoms with Crippen molar-refractivity contribution in [2.24, 2.45) is 0 Å². The van der Waals surface area contributed by atoms with Crippen molar-refractivity contribution in [3.05, 3.63) is 34.4 Å². The fourth-order valence-electron chi connectivity index (χ4n) is 1.24. The number of rotatable bonds is 2. The van der Waals surface area contributed by atoms with Crippen molar-refractivity contribution in [2.75, 3.05) is 0 Å². The van der Waals surface area contributed by atoms with Gasteiger partial charge in [0, 0.05) is 0 Å². The molecule has 0 atom stereocenters. The van der Waals surface area contributed by atoms with Crippen LogP contribution >= 0.6 is 0 Å². The van der Waals surface area contributed by atoms with Gasteiger partial charge in [0.25, 0.3) is 0 Å². The molecule has 0 N–H and O–H groups in total. The standard InChI is InChI=1S/C10H10F2O/c1-3-7-4-6(2)8(5-13)10(12)9(7)11/h4-5H,3H2,1-2H3. The molecule has 0 fully saturated rings. The zero-order chi connectivity index (χ0) is 10.0. The number of hydrogen-bond donors (Lipinski definition) is 0. The van der Waals surface area contributed by atoms with Gasteiger partial charge >= 0.3 is 0 Å². The van der Waals surface area contributed by atoms with E-state index in [1.54, 1.807) is 13.8 Å². The highest BCUT2D eigenvalue weighted by Gasteiger charge is 2.14. The van der Waals surface area contributed by atoms with Crippen molar-refractivity contribution in [1.29, 1.82) is 0 Å². The predicted octanol–water partition coefficient (Wildman–Crippen LogP) is 2.65. The summed E-state index contributed by atoms with van der Waals surface area (Å²) in [4.78, 5) is 10.4. The van der Waals surface area contributed by atoms with E-state index in [4.69, 9.17) is 0 Å². The highest BCUT2D eigenvalue weighted by atomic mass is 19.2. The van der Waals surface area contributed by atoms with Crippen LogP contribution in [0.15, 0.2) is 6.07 Å². The molecule has 0 heterocycles. The number of benzene rings is 1. The van der Waals surface area contributed by atoms with E-state index in [0.717, 1.165) is 0 Å². The molecule has 1 nitrogen and oxygen atoms in total. The number of aldehydes is 1. The Kier molecular flexibility index (Phi) is 2.76. The molecule has 0 amide bonds. The van der Waals surface area contributed by atoms with Crippen molar-refractivity contribution in [3.8, 4) is 0 Å². The van der Waals surface area contributed by atoms with Gasteiger partial charge in [-0.3, -0.25) is 4.79 Å². The second kappa shape index (κ2) is 3.64. The van der Waals surface area contributed by atoms with E-state index in [1.807, 2.05) is 0 Å². The maximum atomic E-state index is 13.1. The van der Waals surface area contributed by atoms with Crippen LogP contribution in [-0.4, -0.2) is 6.29 Å². The number of carbonyl (C=O) groups excluding carboxylic acids is 1. The van der Waals surface area contributed by atoms with Crippen LogP contribution in [0.5, 0.6) is 0 Å². The third-order valence-corrected chi connectivity index (χ3v) is 2.03.